The van der Waals surface area contributed by atoms with Crippen molar-refractivity contribution < 1.29 is 9.53 Å². The fraction of sp³-hybridized carbons (Fsp3) is 0.368. The minimum absolute atomic E-state index is 0.0703. The van der Waals surface area contributed by atoms with Gasteiger partial charge in [-0.15, -0.1) is 0 Å². The fourth-order valence-electron chi connectivity index (χ4n) is 2.81. The summed E-state index contributed by atoms with van der Waals surface area (Å²) in [6, 6.07) is 8.80. The lowest BCUT2D eigenvalue weighted by Crippen LogP contribution is -2.34. The SMILES string of the molecule is CCOc1ccccc1N(Cc1nc2nc(C)cc(=O)n2[nH]1)C(=O)C(C)C. The summed E-state index contributed by atoms with van der Waals surface area (Å²) in [5.74, 6) is 1.08. The Hall–Kier alpha value is -3.16. The van der Waals surface area contributed by atoms with Gasteiger partial charge in [0.1, 0.15) is 11.6 Å². The Bertz CT molecular complexity index is 1020. The van der Waals surface area contributed by atoms with Crippen molar-refractivity contribution in [2.75, 3.05) is 11.5 Å². The maximum atomic E-state index is 12.9. The second-order valence-corrected chi connectivity index (χ2v) is 6.52. The van der Waals surface area contributed by atoms with Gasteiger partial charge in [-0.2, -0.15) is 9.50 Å². The van der Waals surface area contributed by atoms with E-state index in [4.69, 9.17) is 4.74 Å². The van der Waals surface area contributed by atoms with Gasteiger partial charge in [0.2, 0.25) is 5.91 Å². The van der Waals surface area contributed by atoms with E-state index in [9.17, 15) is 9.59 Å². The Balaban J connectivity index is 2.04. The number of aromatic amines is 1. The van der Waals surface area contributed by atoms with Gasteiger partial charge in [-0.05, 0) is 26.0 Å². The smallest absolute Gasteiger partial charge is 0.274 e. The van der Waals surface area contributed by atoms with Gasteiger partial charge in [0.15, 0.2) is 0 Å². The van der Waals surface area contributed by atoms with Crippen molar-refractivity contribution in [1.29, 1.82) is 0 Å². The van der Waals surface area contributed by atoms with E-state index in [-0.39, 0.29) is 29.7 Å². The molecule has 3 rings (SSSR count). The average Bonchev–Trinajstić information content (AvgIpc) is 3.03. The molecular formula is C19H23N5O3. The minimum atomic E-state index is -0.243. The number of para-hydroxylation sites is 2. The number of nitrogens with one attached hydrogen (secondary N) is 1. The van der Waals surface area contributed by atoms with Crippen LogP contribution in [0.5, 0.6) is 5.75 Å². The minimum Gasteiger partial charge on any atom is -0.492 e. The fourth-order valence-corrected chi connectivity index (χ4v) is 2.81. The maximum absolute atomic E-state index is 12.9. The van der Waals surface area contributed by atoms with Crippen molar-refractivity contribution in [2.24, 2.45) is 5.92 Å². The standard InChI is InChI=1S/C19H23N5O3/c1-5-27-15-9-7-6-8-14(15)23(18(26)12(2)3)11-16-21-19-20-13(4)10-17(25)24(19)22-16/h6-10,12H,5,11H2,1-4H3,(H,20,21,22). The van der Waals surface area contributed by atoms with Gasteiger partial charge in [0.25, 0.3) is 11.3 Å². The number of rotatable bonds is 6. The predicted molar refractivity (Wildman–Crippen MR) is 102 cm³/mol. The van der Waals surface area contributed by atoms with E-state index >= 15 is 0 Å². The van der Waals surface area contributed by atoms with Crippen LogP contribution in [0.4, 0.5) is 5.69 Å². The molecule has 0 spiro atoms. The van der Waals surface area contributed by atoms with E-state index in [1.807, 2.05) is 45.0 Å². The van der Waals surface area contributed by atoms with Crippen LogP contribution in [0.1, 0.15) is 32.3 Å². The van der Waals surface area contributed by atoms with Crippen LogP contribution in [0.15, 0.2) is 35.1 Å². The third kappa shape index (κ3) is 3.84. The highest BCUT2D eigenvalue weighted by Gasteiger charge is 2.23. The predicted octanol–water partition coefficient (Wildman–Crippen LogP) is 2.31. The van der Waals surface area contributed by atoms with Crippen LogP contribution in [0.2, 0.25) is 0 Å². The van der Waals surface area contributed by atoms with Gasteiger partial charge in [-0.25, -0.2) is 4.98 Å². The van der Waals surface area contributed by atoms with Crippen molar-refractivity contribution >= 4 is 17.4 Å². The number of ether oxygens (including phenoxy) is 1. The Morgan fingerprint density at radius 2 is 2.04 bits per heavy atom. The molecule has 1 aromatic carbocycles. The molecule has 0 aliphatic heterocycles. The number of fused-ring (bicyclic) bond motifs is 1. The van der Waals surface area contributed by atoms with E-state index in [0.717, 1.165) is 0 Å². The van der Waals surface area contributed by atoms with Crippen LogP contribution in [-0.2, 0) is 11.3 Å². The Morgan fingerprint density at radius 3 is 2.74 bits per heavy atom. The highest BCUT2D eigenvalue weighted by atomic mass is 16.5. The maximum Gasteiger partial charge on any atom is 0.274 e. The number of aromatic nitrogens is 4. The summed E-state index contributed by atoms with van der Waals surface area (Å²) in [6.45, 7) is 7.97. The monoisotopic (exact) mass is 369 g/mol. The molecule has 0 radical (unpaired) electrons. The van der Waals surface area contributed by atoms with Gasteiger partial charge < -0.3 is 9.64 Å². The van der Waals surface area contributed by atoms with Crippen LogP contribution in [0.25, 0.3) is 5.78 Å². The quantitative estimate of drug-likeness (QED) is 0.720. The van der Waals surface area contributed by atoms with E-state index in [1.165, 1.54) is 10.6 Å². The van der Waals surface area contributed by atoms with Crippen LogP contribution in [0.3, 0.4) is 0 Å². The van der Waals surface area contributed by atoms with Gasteiger partial charge in [-0.1, -0.05) is 26.0 Å². The number of anilines is 1. The molecular weight excluding hydrogens is 346 g/mol. The van der Waals surface area contributed by atoms with Crippen LogP contribution in [0, 0.1) is 12.8 Å². The number of carbonyl (C=O) groups excluding carboxylic acids is 1. The average molecular weight is 369 g/mol. The van der Waals surface area contributed by atoms with Crippen molar-refractivity contribution in [3.8, 4) is 5.75 Å². The lowest BCUT2D eigenvalue weighted by molar-refractivity contribution is -0.121. The summed E-state index contributed by atoms with van der Waals surface area (Å²) in [5.41, 5.74) is 1.01. The molecule has 0 unspecified atom stereocenters. The molecule has 0 aliphatic carbocycles. The summed E-state index contributed by atoms with van der Waals surface area (Å²) < 4.78 is 6.96. The molecule has 0 atom stereocenters. The number of H-pyrrole nitrogens is 1. The molecule has 2 aromatic heterocycles. The molecule has 3 aromatic rings. The molecule has 0 saturated carbocycles. The third-order valence-electron chi connectivity index (χ3n) is 4.03. The molecule has 1 amide bonds. The summed E-state index contributed by atoms with van der Waals surface area (Å²) >= 11 is 0. The Labute approximate surface area is 156 Å². The zero-order valence-corrected chi connectivity index (χ0v) is 15.9. The van der Waals surface area contributed by atoms with Gasteiger partial charge >= 0.3 is 0 Å². The number of hydrogen-bond acceptors (Lipinski definition) is 5. The lowest BCUT2D eigenvalue weighted by Gasteiger charge is -2.25. The first-order chi connectivity index (χ1) is 12.9. The first kappa shape index (κ1) is 18.6. The Morgan fingerprint density at radius 1 is 1.30 bits per heavy atom. The zero-order chi connectivity index (χ0) is 19.6. The molecule has 27 heavy (non-hydrogen) atoms. The molecule has 8 nitrogen and oxygen atoms in total. The number of aryl methyl sites for hydroxylation is 1. The normalized spacial score (nSPS) is 11.1. The van der Waals surface area contributed by atoms with Gasteiger partial charge in [0, 0.05) is 17.7 Å². The largest absolute Gasteiger partial charge is 0.492 e. The Kier molecular flexibility index (Phi) is 5.25. The van der Waals surface area contributed by atoms with Crippen molar-refractivity contribution in [3.63, 3.8) is 0 Å². The van der Waals surface area contributed by atoms with E-state index in [0.29, 0.717) is 29.6 Å². The van der Waals surface area contributed by atoms with E-state index < -0.39 is 0 Å². The number of hydrogen-bond donors (Lipinski definition) is 1. The van der Waals surface area contributed by atoms with Crippen LogP contribution >= 0.6 is 0 Å². The van der Waals surface area contributed by atoms with Gasteiger partial charge in [0.05, 0.1) is 18.8 Å². The summed E-state index contributed by atoms with van der Waals surface area (Å²) in [4.78, 5) is 35.2. The number of carbonyl (C=O) groups is 1. The molecule has 0 aliphatic rings. The van der Waals surface area contributed by atoms with Crippen molar-refractivity contribution in [2.45, 2.75) is 34.2 Å². The first-order valence-corrected chi connectivity index (χ1v) is 8.89. The molecule has 142 valence electrons. The van der Waals surface area contributed by atoms with E-state index in [1.54, 1.807) is 11.8 Å². The number of benzene rings is 1. The molecule has 0 fully saturated rings. The molecule has 2 heterocycles. The van der Waals surface area contributed by atoms with Crippen molar-refractivity contribution in [1.82, 2.24) is 19.6 Å². The molecule has 1 N–H and O–H groups in total. The van der Waals surface area contributed by atoms with E-state index in [2.05, 4.69) is 15.1 Å². The molecule has 0 bridgehead atoms. The second kappa shape index (κ2) is 7.61. The summed E-state index contributed by atoms with van der Waals surface area (Å²) in [6.07, 6.45) is 0. The van der Waals surface area contributed by atoms with Gasteiger partial charge in [-0.3, -0.25) is 14.7 Å². The first-order valence-electron chi connectivity index (χ1n) is 8.89. The van der Waals surface area contributed by atoms with Crippen LogP contribution in [-0.4, -0.2) is 32.1 Å². The topological polar surface area (TPSA) is 92.6 Å². The molecule has 0 saturated heterocycles. The summed E-state index contributed by atoms with van der Waals surface area (Å²) in [5, 5.41) is 2.93. The van der Waals surface area contributed by atoms with Crippen LogP contribution < -0.4 is 15.2 Å². The zero-order valence-electron chi connectivity index (χ0n) is 15.9. The third-order valence-corrected chi connectivity index (χ3v) is 4.03. The highest BCUT2D eigenvalue weighted by molar-refractivity contribution is 5.95. The highest BCUT2D eigenvalue weighted by Crippen LogP contribution is 2.30. The summed E-state index contributed by atoms with van der Waals surface area (Å²) in [7, 11) is 0. The second-order valence-electron chi connectivity index (χ2n) is 6.52. The number of amides is 1. The lowest BCUT2D eigenvalue weighted by atomic mass is 10.1. The van der Waals surface area contributed by atoms with Crippen molar-refractivity contribution in [3.05, 3.63) is 52.2 Å². The molecule has 8 heteroatoms. The number of nitrogens with zero attached hydrogens (tertiary/aromatic N) is 4.